The van der Waals surface area contributed by atoms with Gasteiger partial charge in [-0.25, -0.2) is 28.1 Å². The average molecular weight is 453 g/mol. The van der Waals surface area contributed by atoms with Gasteiger partial charge in [0.1, 0.15) is 30.9 Å². The third-order valence-electron chi connectivity index (χ3n) is 4.62. The number of hydrogen-bond acceptors (Lipinski definition) is 7. The Balaban J connectivity index is 1.74. The number of nitrogens with one attached hydrogen (secondary N) is 1. The molecule has 1 amide bonds. The average Bonchev–Trinajstić information content (AvgIpc) is 2.80. The number of amidine groups is 1. The minimum Gasteiger partial charge on any atom is -0.474 e. The van der Waals surface area contributed by atoms with Crippen molar-refractivity contribution in [2.45, 2.75) is 18.4 Å². The first-order valence-electron chi connectivity index (χ1n) is 9.73. The fourth-order valence-electron chi connectivity index (χ4n) is 3.15. The molecule has 2 atom stereocenters. The number of anilines is 1. The second-order valence-electron chi connectivity index (χ2n) is 6.71. The van der Waals surface area contributed by atoms with E-state index in [0.717, 1.165) is 0 Å². The molecule has 12 heteroatoms. The van der Waals surface area contributed by atoms with Gasteiger partial charge < -0.3 is 25.3 Å². The molecular weight excluding hydrogens is 431 g/mol. The number of carbonyl (C=O) groups is 1. The SMILES string of the molecule is NC(=NCF)O[C@@H]1CCOC[C@@H]1c1cc(NC(=O)c2cnc(OCCF)cn2)ccc1F. The summed E-state index contributed by atoms with van der Waals surface area (Å²) in [5.74, 6) is -1.58. The number of halogens is 3. The Bertz CT molecular complexity index is 945. The smallest absolute Gasteiger partial charge is 0.284 e. The Morgan fingerprint density at radius 1 is 1.31 bits per heavy atom. The van der Waals surface area contributed by atoms with Gasteiger partial charge in [0.05, 0.1) is 25.6 Å². The van der Waals surface area contributed by atoms with E-state index < -0.39 is 37.2 Å². The number of ether oxygens (including phenoxy) is 3. The van der Waals surface area contributed by atoms with Gasteiger partial charge in [-0.05, 0) is 23.8 Å². The van der Waals surface area contributed by atoms with Crippen molar-refractivity contribution in [3.63, 3.8) is 0 Å². The van der Waals surface area contributed by atoms with E-state index >= 15 is 0 Å². The lowest BCUT2D eigenvalue weighted by atomic mass is 9.90. The van der Waals surface area contributed by atoms with E-state index in [1.54, 1.807) is 0 Å². The van der Waals surface area contributed by atoms with E-state index in [0.29, 0.717) is 18.7 Å². The molecule has 1 aliphatic rings. The first kappa shape index (κ1) is 23.3. The van der Waals surface area contributed by atoms with Gasteiger partial charge in [-0.2, -0.15) is 0 Å². The summed E-state index contributed by atoms with van der Waals surface area (Å²) in [6.45, 7) is -1.36. The summed E-state index contributed by atoms with van der Waals surface area (Å²) in [4.78, 5) is 23.6. The highest BCUT2D eigenvalue weighted by Crippen LogP contribution is 2.32. The maximum Gasteiger partial charge on any atom is 0.284 e. The number of nitrogens with two attached hydrogens (primary N) is 1. The van der Waals surface area contributed by atoms with E-state index in [4.69, 9.17) is 19.9 Å². The number of aliphatic imine (C=N–C) groups is 1. The summed E-state index contributed by atoms with van der Waals surface area (Å²) >= 11 is 0. The van der Waals surface area contributed by atoms with Gasteiger partial charge in [0.2, 0.25) is 5.88 Å². The first-order valence-corrected chi connectivity index (χ1v) is 9.73. The van der Waals surface area contributed by atoms with Gasteiger partial charge in [-0.3, -0.25) is 4.79 Å². The number of hydrogen-bond donors (Lipinski definition) is 2. The highest BCUT2D eigenvalue weighted by molar-refractivity contribution is 6.02. The molecule has 2 aromatic rings. The van der Waals surface area contributed by atoms with Crippen molar-refractivity contribution in [1.29, 1.82) is 0 Å². The Kier molecular flexibility index (Phi) is 8.20. The van der Waals surface area contributed by atoms with Gasteiger partial charge in [0.25, 0.3) is 11.9 Å². The number of alkyl halides is 2. The fourth-order valence-corrected chi connectivity index (χ4v) is 3.15. The van der Waals surface area contributed by atoms with Crippen LogP contribution in [-0.4, -0.2) is 61.3 Å². The zero-order valence-corrected chi connectivity index (χ0v) is 17.0. The number of rotatable bonds is 8. The predicted octanol–water partition coefficient (Wildman–Crippen LogP) is 2.35. The van der Waals surface area contributed by atoms with Crippen molar-refractivity contribution in [3.05, 3.63) is 47.7 Å². The molecule has 3 N–H and O–H groups in total. The zero-order chi connectivity index (χ0) is 22.9. The highest BCUT2D eigenvalue weighted by atomic mass is 19.1. The third-order valence-corrected chi connectivity index (χ3v) is 4.62. The molecule has 0 bridgehead atoms. The van der Waals surface area contributed by atoms with Crippen LogP contribution in [0.15, 0.2) is 35.6 Å². The molecule has 172 valence electrons. The topological polar surface area (TPSA) is 121 Å². The van der Waals surface area contributed by atoms with Crippen LogP contribution in [0.4, 0.5) is 18.9 Å². The molecule has 2 heterocycles. The number of amides is 1. The Labute approximate surface area is 181 Å². The minimum atomic E-state index is -1.03. The molecule has 0 aliphatic carbocycles. The molecule has 1 aliphatic heterocycles. The molecule has 0 saturated carbocycles. The second-order valence-corrected chi connectivity index (χ2v) is 6.71. The maximum atomic E-state index is 14.6. The Morgan fingerprint density at radius 3 is 2.88 bits per heavy atom. The van der Waals surface area contributed by atoms with Crippen molar-refractivity contribution in [2.24, 2.45) is 10.7 Å². The molecule has 1 fully saturated rings. The molecule has 32 heavy (non-hydrogen) atoms. The number of nitrogens with zero attached hydrogens (tertiary/aromatic N) is 3. The number of aromatic nitrogens is 2. The highest BCUT2D eigenvalue weighted by Gasteiger charge is 2.32. The first-order chi connectivity index (χ1) is 15.5. The Hall–Kier alpha value is -3.41. The second kappa shape index (κ2) is 11.3. The lowest BCUT2D eigenvalue weighted by Crippen LogP contribution is -2.36. The summed E-state index contributed by atoms with van der Waals surface area (Å²) in [5.41, 5.74) is 6.08. The number of benzene rings is 1. The minimum absolute atomic E-state index is 0.0131. The van der Waals surface area contributed by atoms with E-state index in [1.807, 2.05) is 0 Å². The van der Waals surface area contributed by atoms with Gasteiger partial charge in [-0.1, -0.05) is 0 Å². The van der Waals surface area contributed by atoms with Crippen molar-refractivity contribution in [2.75, 3.05) is 38.6 Å². The van der Waals surface area contributed by atoms with Crippen molar-refractivity contribution in [1.82, 2.24) is 9.97 Å². The molecule has 0 unspecified atom stereocenters. The number of carbonyl (C=O) groups excluding carboxylic acids is 1. The van der Waals surface area contributed by atoms with Crippen LogP contribution in [0, 0.1) is 5.82 Å². The van der Waals surface area contributed by atoms with Crippen molar-refractivity contribution in [3.8, 4) is 5.88 Å². The lowest BCUT2D eigenvalue weighted by Gasteiger charge is -2.32. The summed E-state index contributed by atoms with van der Waals surface area (Å²) in [6, 6.07) is 3.72. The van der Waals surface area contributed by atoms with Gasteiger partial charge >= 0.3 is 0 Å². The van der Waals surface area contributed by atoms with Gasteiger partial charge in [-0.15, -0.1) is 0 Å². The molecule has 0 radical (unpaired) electrons. The molecular formula is C20H22F3N5O4. The summed E-state index contributed by atoms with van der Waals surface area (Å²) in [5, 5.41) is 2.61. The standard InChI is InChI=1S/C20H22F3N5O4/c21-4-6-31-18-9-25-16(8-26-18)19(29)28-12-1-2-15(23)13(7-12)14-10-30-5-3-17(14)32-20(24)27-11-22/h1-2,7-9,14,17H,3-6,10-11H2,(H2,24,27)(H,28,29)/t14-,17-/m1/s1. The molecule has 9 nitrogen and oxygen atoms in total. The van der Waals surface area contributed by atoms with Gasteiger partial charge in [0, 0.05) is 18.0 Å². The predicted molar refractivity (Wildman–Crippen MR) is 109 cm³/mol. The summed E-state index contributed by atoms with van der Waals surface area (Å²) < 4.78 is 55.0. The van der Waals surface area contributed by atoms with Crippen LogP contribution in [0.25, 0.3) is 0 Å². The van der Waals surface area contributed by atoms with Crippen LogP contribution in [0.3, 0.4) is 0 Å². The fraction of sp³-hybridized carbons (Fsp3) is 0.400. The molecule has 1 aromatic heterocycles. The quantitative estimate of drug-likeness (QED) is 0.358. The van der Waals surface area contributed by atoms with Crippen molar-refractivity contribution >= 4 is 17.6 Å². The van der Waals surface area contributed by atoms with Crippen LogP contribution in [0.2, 0.25) is 0 Å². The van der Waals surface area contributed by atoms with E-state index in [2.05, 4.69) is 20.3 Å². The molecule has 1 saturated heterocycles. The molecule has 0 spiro atoms. The molecule has 1 aromatic carbocycles. The van der Waals surface area contributed by atoms with E-state index in [-0.39, 0.29) is 36.4 Å². The maximum absolute atomic E-state index is 14.6. The van der Waals surface area contributed by atoms with Crippen LogP contribution >= 0.6 is 0 Å². The van der Waals surface area contributed by atoms with Crippen LogP contribution in [0.5, 0.6) is 5.88 Å². The third kappa shape index (κ3) is 6.06. The van der Waals surface area contributed by atoms with E-state index in [9.17, 15) is 18.0 Å². The molecule has 3 rings (SSSR count). The van der Waals surface area contributed by atoms with Crippen LogP contribution < -0.4 is 15.8 Å². The van der Waals surface area contributed by atoms with Gasteiger partial charge in [0.15, 0.2) is 6.80 Å². The Morgan fingerprint density at radius 2 is 2.16 bits per heavy atom. The van der Waals surface area contributed by atoms with E-state index in [1.165, 1.54) is 30.6 Å². The van der Waals surface area contributed by atoms with Crippen LogP contribution in [0.1, 0.15) is 28.4 Å². The summed E-state index contributed by atoms with van der Waals surface area (Å²) in [6.07, 6.45) is 2.20. The largest absolute Gasteiger partial charge is 0.474 e. The monoisotopic (exact) mass is 453 g/mol. The van der Waals surface area contributed by atoms with Crippen LogP contribution in [-0.2, 0) is 9.47 Å². The zero-order valence-electron chi connectivity index (χ0n) is 17.0. The summed E-state index contributed by atoms with van der Waals surface area (Å²) in [7, 11) is 0. The lowest BCUT2D eigenvalue weighted by molar-refractivity contribution is -0.00141. The van der Waals surface area contributed by atoms with Crippen molar-refractivity contribution < 1.29 is 32.2 Å². The normalized spacial score (nSPS) is 18.8.